The van der Waals surface area contributed by atoms with Gasteiger partial charge < -0.3 is 10.1 Å². The Bertz CT molecular complexity index is 940. The van der Waals surface area contributed by atoms with Crippen LogP contribution in [0.15, 0.2) is 59.3 Å². The molecule has 1 aliphatic rings. The zero-order valence-electron chi connectivity index (χ0n) is 13.5. The zero-order valence-corrected chi connectivity index (χ0v) is 14.2. The van der Waals surface area contributed by atoms with Crippen molar-refractivity contribution in [3.8, 4) is 0 Å². The number of esters is 1. The lowest BCUT2D eigenvalue weighted by Crippen LogP contribution is -2.33. The van der Waals surface area contributed by atoms with E-state index in [-0.39, 0.29) is 16.4 Å². The summed E-state index contributed by atoms with van der Waals surface area (Å²) in [6.07, 6.45) is 0. The summed E-state index contributed by atoms with van der Waals surface area (Å²) in [5.41, 5.74) is 0.381. The minimum absolute atomic E-state index is 0.175. The van der Waals surface area contributed by atoms with Crippen LogP contribution in [-0.2, 0) is 14.3 Å². The maximum Gasteiger partial charge on any atom is 0.337 e. The molecule has 26 heavy (non-hydrogen) atoms. The van der Waals surface area contributed by atoms with E-state index < -0.39 is 23.6 Å². The van der Waals surface area contributed by atoms with Crippen LogP contribution in [0.2, 0.25) is 0 Å². The van der Waals surface area contributed by atoms with Gasteiger partial charge in [0.2, 0.25) is 0 Å². The van der Waals surface area contributed by atoms with Gasteiger partial charge in [0.15, 0.2) is 0 Å². The SMILES string of the molecule is COC(=O)c1ccc(NC2=C(Cl)C(=O)N(c3ccccc3F)C2=O)cc1. The smallest absolute Gasteiger partial charge is 0.337 e. The standard InChI is InChI=1S/C18H12ClFN2O4/c1-26-18(25)10-6-8-11(9-7-10)21-15-14(19)16(23)22(17(15)24)13-5-3-2-4-12(13)20/h2-9,21H,1H3. The van der Waals surface area contributed by atoms with Crippen LogP contribution in [0.5, 0.6) is 0 Å². The molecule has 0 radical (unpaired) electrons. The van der Waals surface area contributed by atoms with E-state index in [1.165, 1.54) is 49.6 Å². The number of methoxy groups -OCH3 is 1. The number of amides is 2. The van der Waals surface area contributed by atoms with E-state index in [1.807, 2.05) is 0 Å². The highest BCUT2D eigenvalue weighted by molar-refractivity contribution is 6.53. The fraction of sp³-hybridized carbons (Fsp3) is 0.0556. The normalized spacial score (nSPS) is 14.0. The fourth-order valence-corrected chi connectivity index (χ4v) is 2.63. The second kappa shape index (κ2) is 6.97. The quantitative estimate of drug-likeness (QED) is 0.657. The molecule has 0 saturated carbocycles. The third kappa shape index (κ3) is 3.04. The summed E-state index contributed by atoms with van der Waals surface area (Å²) in [6.45, 7) is 0. The van der Waals surface area contributed by atoms with Gasteiger partial charge in [0, 0.05) is 5.69 Å². The molecule has 8 heteroatoms. The second-order valence-corrected chi connectivity index (χ2v) is 5.66. The summed E-state index contributed by atoms with van der Waals surface area (Å²) in [5, 5.41) is 2.38. The van der Waals surface area contributed by atoms with Gasteiger partial charge in [-0.1, -0.05) is 23.7 Å². The highest BCUT2D eigenvalue weighted by atomic mass is 35.5. The van der Waals surface area contributed by atoms with Crippen molar-refractivity contribution in [2.75, 3.05) is 17.3 Å². The largest absolute Gasteiger partial charge is 0.465 e. The van der Waals surface area contributed by atoms with Crippen molar-refractivity contribution in [3.63, 3.8) is 0 Å². The first-order valence-electron chi connectivity index (χ1n) is 7.42. The Labute approximate surface area is 152 Å². The van der Waals surface area contributed by atoms with E-state index in [0.29, 0.717) is 16.2 Å². The van der Waals surface area contributed by atoms with E-state index >= 15 is 0 Å². The molecule has 0 bridgehead atoms. The third-order valence-corrected chi connectivity index (χ3v) is 4.05. The fourth-order valence-electron chi connectivity index (χ4n) is 2.42. The topological polar surface area (TPSA) is 75.7 Å². The first-order valence-corrected chi connectivity index (χ1v) is 7.80. The van der Waals surface area contributed by atoms with Gasteiger partial charge in [0.05, 0.1) is 18.4 Å². The van der Waals surface area contributed by atoms with Crippen molar-refractivity contribution in [3.05, 3.63) is 70.6 Å². The number of imide groups is 1. The maximum absolute atomic E-state index is 14.0. The number of hydrogen-bond acceptors (Lipinski definition) is 5. The zero-order chi connectivity index (χ0) is 18.8. The van der Waals surface area contributed by atoms with Gasteiger partial charge in [-0.3, -0.25) is 9.59 Å². The first kappa shape index (κ1) is 17.6. The van der Waals surface area contributed by atoms with Crippen molar-refractivity contribution in [2.45, 2.75) is 0 Å². The molecule has 0 atom stereocenters. The lowest BCUT2D eigenvalue weighted by atomic mass is 10.2. The number of para-hydroxylation sites is 1. The van der Waals surface area contributed by atoms with Crippen molar-refractivity contribution in [1.29, 1.82) is 0 Å². The van der Waals surface area contributed by atoms with Gasteiger partial charge in [-0.2, -0.15) is 0 Å². The lowest BCUT2D eigenvalue weighted by molar-refractivity contribution is -0.120. The molecule has 0 aliphatic carbocycles. The van der Waals surface area contributed by atoms with Crippen LogP contribution in [0.1, 0.15) is 10.4 Å². The minimum atomic E-state index is -0.824. The highest BCUT2D eigenvalue weighted by Gasteiger charge is 2.40. The summed E-state index contributed by atoms with van der Waals surface area (Å²) < 4.78 is 18.6. The van der Waals surface area contributed by atoms with Crippen molar-refractivity contribution < 1.29 is 23.5 Å². The van der Waals surface area contributed by atoms with Crippen molar-refractivity contribution in [1.82, 2.24) is 0 Å². The molecular formula is C18H12ClFN2O4. The molecule has 3 rings (SSSR count). The summed E-state index contributed by atoms with van der Waals surface area (Å²) >= 11 is 5.98. The number of benzene rings is 2. The number of carbonyl (C=O) groups excluding carboxylic acids is 3. The van der Waals surface area contributed by atoms with E-state index in [0.717, 1.165) is 6.07 Å². The monoisotopic (exact) mass is 374 g/mol. The molecular weight excluding hydrogens is 363 g/mol. The average molecular weight is 375 g/mol. The molecule has 0 aromatic heterocycles. The minimum Gasteiger partial charge on any atom is -0.465 e. The molecule has 1 heterocycles. The van der Waals surface area contributed by atoms with Gasteiger partial charge in [-0.25, -0.2) is 14.1 Å². The second-order valence-electron chi connectivity index (χ2n) is 5.28. The number of rotatable bonds is 4. The summed E-state index contributed by atoms with van der Waals surface area (Å²) in [4.78, 5) is 37.0. The molecule has 2 aromatic carbocycles. The Kier molecular flexibility index (Phi) is 4.73. The van der Waals surface area contributed by atoms with Gasteiger partial charge >= 0.3 is 5.97 Å². The molecule has 132 valence electrons. The molecule has 2 amide bonds. The van der Waals surface area contributed by atoms with Crippen LogP contribution in [0.4, 0.5) is 15.8 Å². The van der Waals surface area contributed by atoms with Gasteiger partial charge in [-0.05, 0) is 36.4 Å². The summed E-state index contributed by atoms with van der Waals surface area (Å²) in [5.74, 6) is -2.83. The lowest BCUT2D eigenvalue weighted by Gasteiger charge is -2.15. The van der Waals surface area contributed by atoms with Crippen LogP contribution in [0.25, 0.3) is 0 Å². The number of nitrogens with zero attached hydrogens (tertiary/aromatic N) is 1. The molecule has 1 N–H and O–H groups in total. The number of carbonyl (C=O) groups is 3. The molecule has 0 unspecified atom stereocenters. The molecule has 2 aromatic rings. The van der Waals surface area contributed by atoms with E-state index in [4.69, 9.17) is 11.6 Å². The van der Waals surface area contributed by atoms with E-state index in [2.05, 4.69) is 10.1 Å². The Morgan fingerprint density at radius 1 is 1.08 bits per heavy atom. The van der Waals surface area contributed by atoms with Crippen LogP contribution in [0.3, 0.4) is 0 Å². The van der Waals surface area contributed by atoms with Crippen molar-refractivity contribution >= 4 is 40.8 Å². The van der Waals surface area contributed by atoms with Gasteiger partial charge in [0.1, 0.15) is 16.5 Å². The van der Waals surface area contributed by atoms with Crippen LogP contribution < -0.4 is 10.2 Å². The summed E-state index contributed by atoms with van der Waals surface area (Å²) in [6, 6.07) is 11.4. The summed E-state index contributed by atoms with van der Waals surface area (Å²) in [7, 11) is 1.26. The van der Waals surface area contributed by atoms with Crippen molar-refractivity contribution in [2.24, 2.45) is 0 Å². The molecule has 6 nitrogen and oxygen atoms in total. The Morgan fingerprint density at radius 3 is 2.35 bits per heavy atom. The molecule has 0 spiro atoms. The van der Waals surface area contributed by atoms with Crippen LogP contribution in [0, 0.1) is 5.82 Å². The molecule has 1 aliphatic heterocycles. The van der Waals surface area contributed by atoms with Gasteiger partial charge in [-0.15, -0.1) is 0 Å². The predicted molar refractivity (Wildman–Crippen MR) is 93.2 cm³/mol. The highest BCUT2D eigenvalue weighted by Crippen LogP contribution is 2.31. The third-order valence-electron chi connectivity index (χ3n) is 3.70. The number of hydrogen-bond donors (Lipinski definition) is 1. The Morgan fingerprint density at radius 2 is 1.73 bits per heavy atom. The number of ether oxygens (including phenoxy) is 1. The predicted octanol–water partition coefficient (Wildman–Crippen LogP) is 3.05. The Hall–Kier alpha value is -3.19. The number of anilines is 2. The maximum atomic E-state index is 14.0. The Balaban J connectivity index is 1.87. The number of nitrogens with one attached hydrogen (secondary N) is 1. The molecule has 0 fully saturated rings. The van der Waals surface area contributed by atoms with Gasteiger partial charge in [0.25, 0.3) is 11.8 Å². The molecule has 0 saturated heterocycles. The van der Waals surface area contributed by atoms with Crippen LogP contribution in [-0.4, -0.2) is 24.9 Å². The van der Waals surface area contributed by atoms with Crippen LogP contribution >= 0.6 is 11.6 Å². The number of halogens is 2. The van der Waals surface area contributed by atoms with E-state index in [9.17, 15) is 18.8 Å². The van der Waals surface area contributed by atoms with E-state index in [1.54, 1.807) is 0 Å². The average Bonchev–Trinajstić information content (AvgIpc) is 2.86. The first-order chi connectivity index (χ1) is 12.4.